The lowest BCUT2D eigenvalue weighted by molar-refractivity contribution is 0.0624. The van der Waals surface area contributed by atoms with Crippen LogP contribution in [0.5, 0.6) is 0 Å². The van der Waals surface area contributed by atoms with Gasteiger partial charge in [-0.2, -0.15) is 0 Å². The van der Waals surface area contributed by atoms with Crippen molar-refractivity contribution in [3.05, 3.63) is 16.1 Å². The minimum absolute atomic E-state index is 0.120. The molecule has 2 atom stereocenters. The summed E-state index contributed by atoms with van der Waals surface area (Å²) in [6.45, 7) is 4.96. The number of aromatic nitrogens is 1. The summed E-state index contributed by atoms with van der Waals surface area (Å²) in [6.07, 6.45) is 5.54. The molecule has 0 bridgehead atoms. The molecule has 1 aromatic heterocycles. The number of hydrogen-bond donors (Lipinski definition) is 1. The average molecular weight is 267 g/mol. The van der Waals surface area contributed by atoms with E-state index in [0.29, 0.717) is 0 Å². The highest BCUT2D eigenvalue weighted by Gasteiger charge is 2.28. The van der Waals surface area contributed by atoms with Gasteiger partial charge in [-0.1, -0.05) is 6.92 Å². The van der Waals surface area contributed by atoms with Gasteiger partial charge in [0.05, 0.1) is 11.2 Å². The maximum atomic E-state index is 12.4. The second kappa shape index (κ2) is 5.80. The van der Waals surface area contributed by atoms with Crippen molar-refractivity contribution in [2.45, 2.75) is 51.6 Å². The molecule has 1 aromatic rings. The van der Waals surface area contributed by atoms with Crippen LogP contribution in [0.15, 0.2) is 6.20 Å². The summed E-state index contributed by atoms with van der Waals surface area (Å²) in [5.74, 6) is 0.120. The van der Waals surface area contributed by atoms with E-state index in [1.807, 2.05) is 4.90 Å². The van der Waals surface area contributed by atoms with Gasteiger partial charge < -0.3 is 10.6 Å². The zero-order chi connectivity index (χ0) is 13.1. The van der Waals surface area contributed by atoms with E-state index >= 15 is 0 Å². The Morgan fingerprint density at radius 3 is 3.11 bits per heavy atom. The van der Waals surface area contributed by atoms with Crippen molar-refractivity contribution < 1.29 is 4.79 Å². The zero-order valence-corrected chi connectivity index (χ0v) is 11.9. The number of likely N-dealkylation sites (tertiary alicyclic amines) is 1. The van der Waals surface area contributed by atoms with Crippen LogP contribution in [0.2, 0.25) is 0 Å². The number of carbonyl (C=O) groups excluding carboxylic acids is 1. The fourth-order valence-corrected chi connectivity index (χ4v) is 3.37. The van der Waals surface area contributed by atoms with E-state index in [2.05, 4.69) is 18.8 Å². The van der Waals surface area contributed by atoms with Gasteiger partial charge in [0.25, 0.3) is 5.91 Å². The summed E-state index contributed by atoms with van der Waals surface area (Å²) < 4.78 is 0. The van der Waals surface area contributed by atoms with Gasteiger partial charge in [-0.3, -0.25) is 4.79 Å². The third kappa shape index (κ3) is 2.90. The van der Waals surface area contributed by atoms with Gasteiger partial charge in [-0.05, 0) is 32.6 Å². The second-order valence-electron chi connectivity index (χ2n) is 5.00. The molecule has 1 saturated heterocycles. The van der Waals surface area contributed by atoms with Crippen LogP contribution in [0, 0.1) is 0 Å². The van der Waals surface area contributed by atoms with Crippen molar-refractivity contribution >= 4 is 17.2 Å². The third-order valence-electron chi connectivity index (χ3n) is 3.41. The number of hydrogen-bond acceptors (Lipinski definition) is 4. The molecule has 2 N–H and O–H groups in total. The molecular weight excluding hydrogens is 246 g/mol. The van der Waals surface area contributed by atoms with E-state index in [-0.39, 0.29) is 18.0 Å². The van der Waals surface area contributed by atoms with Crippen molar-refractivity contribution in [3.8, 4) is 0 Å². The van der Waals surface area contributed by atoms with Gasteiger partial charge in [0.2, 0.25) is 0 Å². The molecule has 18 heavy (non-hydrogen) atoms. The predicted octanol–water partition coefficient (Wildman–Crippen LogP) is 2.05. The standard InChI is InChI=1S/C13H21N3OS/c1-3-4-12-15-8-11(18-12)13(17)16-6-5-10(14)7-9(16)2/h8-10H,3-7,14H2,1-2H3/t9-,10-/m0/s1. The van der Waals surface area contributed by atoms with Crippen LogP contribution in [0.1, 0.15) is 47.8 Å². The topological polar surface area (TPSA) is 59.2 Å². The highest BCUT2D eigenvalue weighted by atomic mass is 32.1. The molecule has 0 aromatic carbocycles. The Labute approximate surface area is 112 Å². The van der Waals surface area contributed by atoms with Crippen molar-refractivity contribution in [2.24, 2.45) is 5.73 Å². The van der Waals surface area contributed by atoms with Gasteiger partial charge in [0.15, 0.2) is 0 Å². The van der Waals surface area contributed by atoms with Gasteiger partial charge >= 0.3 is 0 Å². The van der Waals surface area contributed by atoms with Crippen molar-refractivity contribution in [1.82, 2.24) is 9.88 Å². The molecular formula is C13H21N3OS. The number of aryl methyl sites for hydroxylation is 1. The molecule has 0 radical (unpaired) electrons. The fourth-order valence-electron chi connectivity index (χ4n) is 2.39. The highest BCUT2D eigenvalue weighted by Crippen LogP contribution is 2.22. The molecule has 0 aliphatic carbocycles. The number of nitrogens with two attached hydrogens (primary N) is 1. The summed E-state index contributed by atoms with van der Waals surface area (Å²) in [5, 5.41) is 1.06. The largest absolute Gasteiger partial charge is 0.335 e. The number of thiazole rings is 1. The first-order valence-corrected chi connectivity index (χ1v) is 7.44. The van der Waals surface area contributed by atoms with Crippen LogP contribution in [0.25, 0.3) is 0 Å². The lowest BCUT2D eigenvalue weighted by atomic mass is 9.99. The molecule has 1 aliphatic heterocycles. The van der Waals surface area contributed by atoms with E-state index in [9.17, 15) is 4.79 Å². The van der Waals surface area contributed by atoms with Crippen molar-refractivity contribution in [3.63, 3.8) is 0 Å². The number of amides is 1. The number of nitrogens with zero attached hydrogens (tertiary/aromatic N) is 2. The molecule has 2 rings (SSSR count). The summed E-state index contributed by atoms with van der Waals surface area (Å²) in [7, 11) is 0. The molecule has 1 fully saturated rings. The second-order valence-corrected chi connectivity index (χ2v) is 6.12. The Morgan fingerprint density at radius 2 is 2.44 bits per heavy atom. The van der Waals surface area contributed by atoms with Crippen LogP contribution in [-0.2, 0) is 6.42 Å². The Bertz CT molecular complexity index is 418. The van der Waals surface area contributed by atoms with Crippen LogP contribution >= 0.6 is 11.3 Å². The summed E-state index contributed by atoms with van der Waals surface area (Å²) >= 11 is 1.53. The first-order valence-electron chi connectivity index (χ1n) is 6.63. The monoisotopic (exact) mass is 267 g/mol. The van der Waals surface area contributed by atoms with E-state index in [1.54, 1.807) is 6.20 Å². The molecule has 0 unspecified atom stereocenters. The van der Waals surface area contributed by atoms with Gasteiger partial charge in [-0.15, -0.1) is 11.3 Å². The normalized spacial score (nSPS) is 24.3. The van der Waals surface area contributed by atoms with Crippen LogP contribution in [0.4, 0.5) is 0 Å². The minimum atomic E-state index is 0.120. The quantitative estimate of drug-likeness (QED) is 0.911. The lowest BCUT2D eigenvalue weighted by Crippen LogP contribution is -2.48. The van der Waals surface area contributed by atoms with E-state index in [4.69, 9.17) is 5.73 Å². The summed E-state index contributed by atoms with van der Waals surface area (Å²) in [4.78, 5) is 19.4. The van der Waals surface area contributed by atoms with Crippen molar-refractivity contribution in [1.29, 1.82) is 0 Å². The number of carbonyl (C=O) groups is 1. The fraction of sp³-hybridized carbons (Fsp3) is 0.692. The van der Waals surface area contributed by atoms with Crippen LogP contribution in [-0.4, -0.2) is 34.4 Å². The Morgan fingerprint density at radius 1 is 1.67 bits per heavy atom. The molecule has 0 saturated carbocycles. The highest BCUT2D eigenvalue weighted by molar-refractivity contribution is 7.13. The molecule has 2 heterocycles. The van der Waals surface area contributed by atoms with Gasteiger partial charge in [0, 0.05) is 18.6 Å². The maximum absolute atomic E-state index is 12.4. The van der Waals surface area contributed by atoms with E-state index in [1.165, 1.54) is 11.3 Å². The Kier molecular flexibility index (Phi) is 4.35. The van der Waals surface area contributed by atoms with Gasteiger partial charge in [-0.25, -0.2) is 4.98 Å². The smallest absolute Gasteiger partial charge is 0.265 e. The average Bonchev–Trinajstić information content (AvgIpc) is 2.77. The van der Waals surface area contributed by atoms with E-state index < -0.39 is 0 Å². The molecule has 0 spiro atoms. The lowest BCUT2D eigenvalue weighted by Gasteiger charge is -2.36. The van der Waals surface area contributed by atoms with Crippen LogP contribution < -0.4 is 5.73 Å². The number of piperidine rings is 1. The molecule has 100 valence electrons. The van der Waals surface area contributed by atoms with E-state index in [0.717, 1.165) is 42.1 Å². The summed E-state index contributed by atoms with van der Waals surface area (Å²) in [5.41, 5.74) is 5.92. The molecule has 4 nitrogen and oxygen atoms in total. The predicted molar refractivity (Wildman–Crippen MR) is 73.8 cm³/mol. The summed E-state index contributed by atoms with van der Waals surface area (Å²) in [6, 6.07) is 0.471. The van der Waals surface area contributed by atoms with Gasteiger partial charge in [0.1, 0.15) is 4.88 Å². The minimum Gasteiger partial charge on any atom is -0.335 e. The zero-order valence-electron chi connectivity index (χ0n) is 11.1. The first kappa shape index (κ1) is 13.5. The third-order valence-corrected chi connectivity index (χ3v) is 4.45. The SMILES string of the molecule is CCCc1ncc(C(=O)N2CC[C@H](N)C[C@@H]2C)s1. The molecule has 5 heteroatoms. The maximum Gasteiger partial charge on any atom is 0.265 e. The first-order chi connectivity index (χ1) is 8.61. The molecule has 1 aliphatic rings. The molecule has 1 amide bonds. The van der Waals surface area contributed by atoms with Crippen molar-refractivity contribution in [2.75, 3.05) is 6.54 Å². The number of rotatable bonds is 3. The van der Waals surface area contributed by atoms with Crippen LogP contribution in [0.3, 0.4) is 0 Å². The Balaban J connectivity index is 2.05. The Hall–Kier alpha value is -0.940.